The van der Waals surface area contributed by atoms with Gasteiger partial charge in [0.1, 0.15) is 0 Å². The molecule has 0 fully saturated rings. The maximum absolute atomic E-state index is 12.2. The average molecular weight is 250 g/mol. The predicted molar refractivity (Wildman–Crippen MR) is 72.7 cm³/mol. The van der Waals surface area contributed by atoms with Gasteiger partial charge in [-0.15, -0.1) is 0 Å². The van der Waals surface area contributed by atoms with Crippen LogP contribution in [0.5, 0.6) is 0 Å². The summed E-state index contributed by atoms with van der Waals surface area (Å²) in [6, 6.07) is 5.90. The summed E-state index contributed by atoms with van der Waals surface area (Å²) in [7, 11) is 0. The maximum atomic E-state index is 12.2. The van der Waals surface area contributed by atoms with Crippen LogP contribution in [0.4, 0.5) is 5.69 Å². The molecule has 2 rings (SSSR count). The summed E-state index contributed by atoms with van der Waals surface area (Å²) in [4.78, 5) is 14.1. The lowest BCUT2D eigenvalue weighted by atomic mass is 10.1. The first kappa shape index (κ1) is 12.3. The van der Waals surface area contributed by atoms with Gasteiger partial charge in [0.15, 0.2) is 0 Å². The second kappa shape index (κ2) is 5.00. The average Bonchev–Trinajstić information content (AvgIpc) is 2.71. The molecule has 0 aromatic heterocycles. The fourth-order valence-corrected chi connectivity index (χ4v) is 2.85. The van der Waals surface area contributed by atoms with Gasteiger partial charge in [0, 0.05) is 30.4 Å². The molecule has 4 heteroatoms. The molecule has 1 atom stereocenters. The first-order valence-corrected chi connectivity index (χ1v) is 7.16. The summed E-state index contributed by atoms with van der Waals surface area (Å²) in [6.45, 7) is 3.43. The highest BCUT2D eigenvalue weighted by molar-refractivity contribution is 7.98. The Kier molecular flexibility index (Phi) is 3.62. The number of carbonyl (C=O) groups is 1. The Morgan fingerprint density at radius 1 is 1.47 bits per heavy atom. The minimum Gasteiger partial charge on any atom is -0.399 e. The van der Waals surface area contributed by atoms with Crippen molar-refractivity contribution < 1.29 is 4.79 Å². The fraction of sp³-hybridized carbons (Fsp3) is 0.462. The summed E-state index contributed by atoms with van der Waals surface area (Å²) >= 11 is 1.72. The van der Waals surface area contributed by atoms with Crippen molar-refractivity contribution in [3.63, 3.8) is 0 Å². The highest BCUT2D eigenvalue weighted by Crippen LogP contribution is 2.26. The summed E-state index contributed by atoms with van der Waals surface area (Å²) in [6.07, 6.45) is 2.03. The van der Waals surface area contributed by atoms with E-state index in [4.69, 9.17) is 5.73 Å². The second-order valence-electron chi connectivity index (χ2n) is 4.58. The summed E-state index contributed by atoms with van der Waals surface area (Å²) < 4.78 is 0. The van der Waals surface area contributed by atoms with Gasteiger partial charge in [0.2, 0.25) is 5.91 Å². The minimum absolute atomic E-state index is 0.0941. The van der Waals surface area contributed by atoms with Gasteiger partial charge in [0.25, 0.3) is 0 Å². The Bertz CT molecular complexity index is 433. The van der Waals surface area contributed by atoms with Crippen molar-refractivity contribution in [1.82, 2.24) is 4.90 Å². The summed E-state index contributed by atoms with van der Waals surface area (Å²) in [5.74, 6) is 1.22. The SMILES string of the molecule is CSCC(C)C(=O)N1Cc2ccc(N)cc2C1. The third-order valence-corrected chi connectivity index (χ3v) is 3.94. The number of benzene rings is 1. The van der Waals surface area contributed by atoms with E-state index in [2.05, 4.69) is 0 Å². The second-order valence-corrected chi connectivity index (χ2v) is 5.49. The molecule has 1 aliphatic heterocycles. The molecule has 1 unspecified atom stereocenters. The van der Waals surface area contributed by atoms with E-state index >= 15 is 0 Å². The zero-order valence-corrected chi connectivity index (χ0v) is 11.1. The molecule has 2 N–H and O–H groups in total. The van der Waals surface area contributed by atoms with Crippen molar-refractivity contribution in [3.8, 4) is 0 Å². The van der Waals surface area contributed by atoms with Gasteiger partial charge >= 0.3 is 0 Å². The Hall–Kier alpha value is -1.16. The number of amides is 1. The molecule has 17 heavy (non-hydrogen) atoms. The van der Waals surface area contributed by atoms with E-state index in [9.17, 15) is 4.79 Å². The molecular formula is C13H18N2OS. The maximum Gasteiger partial charge on any atom is 0.226 e. The van der Waals surface area contributed by atoms with Crippen LogP contribution in [0.1, 0.15) is 18.1 Å². The lowest BCUT2D eigenvalue weighted by Crippen LogP contribution is -2.31. The highest BCUT2D eigenvalue weighted by atomic mass is 32.2. The van der Waals surface area contributed by atoms with Crippen molar-refractivity contribution in [3.05, 3.63) is 29.3 Å². The number of thioether (sulfide) groups is 1. The lowest BCUT2D eigenvalue weighted by molar-refractivity contribution is -0.134. The van der Waals surface area contributed by atoms with Crippen LogP contribution in [0.15, 0.2) is 18.2 Å². The lowest BCUT2D eigenvalue weighted by Gasteiger charge is -2.19. The van der Waals surface area contributed by atoms with Crippen molar-refractivity contribution >= 4 is 23.4 Å². The Morgan fingerprint density at radius 2 is 2.18 bits per heavy atom. The first-order valence-electron chi connectivity index (χ1n) is 5.77. The van der Waals surface area contributed by atoms with E-state index in [1.807, 2.05) is 36.3 Å². The molecule has 3 nitrogen and oxygen atoms in total. The molecule has 0 radical (unpaired) electrons. The van der Waals surface area contributed by atoms with Crippen LogP contribution in [-0.4, -0.2) is 22.8 Å². The van der Waals surface area contributed by atoms with E-state index in [1.54, 1.807) is 11.8 Å². The topological polar surface area (TPSA) is 46.3 Å². The predicted octanol–water partition coefficient (Wildman–Crippen LogP) is 2.11. The smallest absolute Gasteiger partial charge is 0.226 e. The molecule has 1 aromatic carbocycles. The fourth-order valence-electron chi connectivity index (χ4n) is 2.20. The number of rotatable bonds is 3. The summed E-state index contributed by atoms with van der Waals surface area (Å²) in [5, 5.41) is 0. The number of nitrogen functional groups attached to an aromatic ring is 1. The van der Waals surface area contributed by atoms with Gasteiger partial charge < -0.3 is 10.6 Å². The molecule has 0 spiro atoms. The van der Waals surface area contributed by atoms with Crippen molar-refractivity contribution in [2.24, 2.45) is 5.92 Å². The number of carbonyl (C=O) groups excluding carboxylic acids is 1. The number of hydrogen-bond acceptors (Lipinski definition) is 3. The van der Waals surface area contributed by atoms with E-state index in [1.165, 1.54) is 11.1 Å². The third-order valence-electron chi connectivity index (χ3n) is 3.10. The number of nitrogens with zero attached hydrogens (tertiary/aromatic N) is 1. The first-order chi connectivity index (χ1) is 8.11. The van der Waals surface area contributed by atoms with Crippen LogP contribution in [0.2, 0.25) is 0 Å². The number of anilines is 1. The van der Waals surface area contributed by atoms with E-state index < -0.39 is 0 Å². The normalized spacial score (nSPS) is 15.8. The van der Waals surface area contributed by atoms with Crippen molar-refractivity contribution in [2.75, 3.05) is 17.7 Å². The van der Waals surface area contributed by atoms with Crippen molar-refractivity contribution in [1.29, 1.82) is 0 Å². The molecule has 0 aliphatic carbocycles. The number of hydrogen-bond donors (Lipinski definition) is 1. The van der Waals surface area contributed by atoms with Crippen LogP contribution in [-0.2, 0) is 17.9 Å². The molecule has 0 bridgehead atoms. The van der Waals surface area contributed by atoms with Gasteiger partial charge in [-0.25, -0.2) is 0 Å². The van der Waals surface area contributed by atoms with E-state index in [0.717, 1.165) is 18.0 Å². The van der Waals surface area contributed by atoms with E-state index in [0.29, 0.717) is 6.54 Å². The van der Waals surface area contributed by atoms with Gasteiger partial charge in [0.05, 0.1) is 0 Å². The highest BCUT2D eigenvalue weighted by Gasteiger charge is 2.26. The molecule has 1 aliphatic rings. The van der Waals surface area contributed by atoms with Gasteiger partial charge in [-0.1, -0.05) is 13.0 Å². The zero-order chi connectivity index (χ0) is 12.4. The molecule has 92 valence electrons. The van der Waals surface area contributed by atoms with Gasteiger partial charge in [-0.3, -0.25) is 4.79 Å². The standard InChI is InChI=1S/C13H18N2OS/c1-9(8-17-2)13(16)15-6-10-3-4-12(14)5-11(10)7-15/h3-5,9H,6-8,14H2,1-2H3. The minimum atomic E-state index is 0.0941. The quantitative estimate of drug-likeness (QED) is 0.836. The molecule has 1 amide bonds. The van der Waals surface area contributed by atoms with Gasteiger partial charge in [-0.2, -0.15) is 11.8 Å². The van der Waals surface area contributed by atoms with Crippen molar-refractivity contribution in [2.45, 2.75) is 20.0 Å². The molecular weight excluding hydrogens is 232 g/mol. The van der Waals surface area contributed by atoms with Gasteiger partial charge in [-0.05, 0) is 29.5 Å². The molecule has 1 aromatic rings. The van der Waals surface area contributed by atoms with Crippen LogP contribution >= 0.6 is 11.8 Å². The molecule has 0 saturated heterocycles. The Balaban J connectivity index is 2.07. The zero-order valence-electron chi connectivity index (χ0n) is 10.3. The van der Waals surface area contributed by atoms with Crippen LogP contribution < -0.4 is 5.73 Å². The van der Waals surface area contributed by atoms with E-state index in [-0.39, 0.29) is 11.8 Å². The molecule has 0 saturated carbocycles. The Labute approximate surface area is 106 Å². The third kappa shape index (κ3) is 2.57. The number of nitrogens with two attached hydrogens (primary N) is 1. The molecule has 1 heterocycles. The van der Waals surface area contributed by atoms with Crippen LogP contribution in [0, 0.1) is 5.92 Å². The largest absolute Gasteiger partial charge is 0.399 e. The van der Waals surface area contributed by atoms with Crippen LogP contribution in [0.3, 0.4) is 0 Å². The Morgan fingerprint density at radius 3 is 2.88 bits per heavy atom. The summed E-state index contributed by atoms with van der Waals surface area (Å²) in [5.41, 5.74) is 8.94. The van der Waals surface area contributed by atoms with Crippen LogP contribution in [0.25, 0.3) is 0 Å². The number of fused-ring (bicyclic) bond motifs is 1. The monoisotopic (exact) mass is 250 g/mol.